The number of aromatic nitrogens is 1. The predicted molar refractivity (Wildman–Crippen MR) is 98.7 cm³/mol. The Morgan fingerprint density at radius 3 is 2.30 bits per heavy atom. The number of aromatic carboxylic acids is 1. The molecule has 150 valence electrons. The van der Waals surface area contributed by atoms with Crippen LogP contribution >= 0.6 is 0 Å². The van der Waals surface area contributed by atoms with Crippen LogP contribution in [0, 0.1) is 0 Å². The van der Waals surface area contributed by atoms with Gasteiger partial charge in [0.2, 0.25) is 0 Å². The number of carbonyl (C=O) groups excluding carboxylic acids is 2. The van der Waals surface area contributed by atoms with Gasteiger partial charge in [-0.25, -0.2) is 14.6 Å². The average molecular weight is 381 g/mol. The number of pyridine rings is 1. The van der Waals surface area contributed by atoms with Crippen LogP contribution in [0.5, 0.6) is 0 Å². The molecule has 27 heavy (non-hydrogen) atoms. The van der Waals surface area contributed by atoms with E-state index in [0.717, 1.165) is 0 Å². The Morgan fingerprint density at radius 2 is 1.78 bits per heavy atom. The smallest absolute Gasteiger partial charge is 0.408 e. The van der Waals surface area contributed by atoms with Gasteiger partial charge >= 0.3 is 12.1 Å². The molecule has 0 aliphatic carbocycles. The van der Waals surface area contributed by atoms with E-state index in [2.05, 4.69) is 15.6 Å². The Bertz CT molecular complexity index is 691. The second-order valence-corrected chi connectivity index (χ2v) is 7.82. The van der Waals surface area contributed by atoms with Crippen LogP contribution < -0.4 is 10.6 Å². The number of nitrogens with one attached hydrogen (secondary N) is 2. The fraction of sp³-hybridized carbons (Fsp3) is 0.556. The van der Waals surface area contributed by atoms with Crippen molar-refractivity contribution in [1.29, 1.82) is 0 Å². The number of hydrogen-bond donors (Lipinski definition) is 3. The molecule has 9 nitrogen and oxygen atoms in total. The first-order valence-electron chi connectivity index (χ1n) is 8.41. The van der Waals surface area contributed by atoms with Crippen LogP contribution in [0.4, 0.5) is 10.6 Å². The van der Waals surface area contributed by atoms with Gasteiger partial charge in [0.1, 0.15) is 23.0 Å². The van der Waals surface area contributed by atoms with Crippen molar-refractivity contribution in [2.45, 2.75) is 58.8 Å². The van der Waals surface area contributed by atoms with Crippen molar-refractivity contribution >= 4 is 23.8 Å². The third-order valence-corrected chi connectivity index (χ3v) is 2.97. The third kappa shape index (κ3) is 8.50. The van der Waals surface area contributed by atoms with Crippen molar-refractivity contribution in [3.63, 3.8) is 0 Å². The normalized spacial score (nSPS) is 12.8. The molecule has 3 N–H and O–H groups in total. The number of nitrogens with zero attached hydrogens (tertiary/aromatic N) is 1. The maximum Gasteiger partial charge on any atom is 0.408 e. The Balaban J connectivity index is 2.95. The molecule has 1 heterocycles. The van der Waals surface area contributed by atoms with E-state index in [9.17, 15) is 19.5 Å². The zero-order valence-corrected chi connectivity index (χ0v) is 16.5. The largest absolute Gasteiger partial charge is 0.478 e. The van der Waals surface area contributed by atoms with Gasteiger partial charge < -0.3 is 25.2 Å². The summed E-state index contributed by atoms with van der Waals surface area (Å²) < 4.78 is 10.8. The van der Waals surface area contributed by atoms with Gasteiger partial charge in [-0.1, -0.05) is 0 Å². The molecule has 9 heteroatoms. The number of amides is 2. The molecule has 1 aromatic heterocycles. The number of anilines is 1. The van der Waals surface area contributed by atoms with Crippen LogP contribution in [0.3, 0.4) is 0 Å². The number of carbonyl (C=O) groups is 3. The molecule has 1 atom stereocenters. The summed E-state index contributed by atoms with van der Waals surface area (Å²) in [6.45, 7) is 10.4. The lowest BCUT2D eigenvalue weighted by atomic mass is 10.2. The molecule has 0 bridgehead atoms. The third-order valence-electron chi connectivity index (χ3n) is 2.97. The van der Waals surface area contributed by atoms with Crippen LogP contribution in [0.25, 0.3) is 0 Å². The zero-order chi connectivity index (χ0) is 20.8. The Morgan fingerprint density at radius 1 is 1.15 bits per heavy atom. The number of alkyl carbamates (subject to hydrolysis) is 1. The first-order valence-corrected chi connectivity index (χ1v) is 8.41. The molecule has 2 amide bonds. The Hall–Kier alpha value is -2.68. The SMILES string of the molecule is CC(C)(C)OCC(NC(=O)OC(C)(C)C)C(=O)Nc1ncccc1C(=O)O. The topological polar surface area (TPSA) is 127 Å². The van der Waals surface area contributed by atoms with Gasteiger partial charge in [-0.3, -0.25) is 4.79 Å². The van der Waals surface area contributed by atoms with E-state index >= 15 is 0 Å². The summed E-state index contributed by atoms with van der Waals surface area (Å²) in [4.78, 5) is 39.8. The van der Waals surface area contributed by atoms with E-state index in [-0.39, 0.29) is 18.0 Å². The summed E-state index contributed by atoms with van der Waals surface area (Å²) in [5, 5.41) is 14.1. The van der Waals surface area contributed by atoms with Crippen molar-refractivity contribution in [1.82, 2.24) is 10.3 Å². The van der Waals surface area contributed by atoms with Gasteiger partial charge in [0.25, 0.3) is 5.91 Å². The molecule has 0 saturated heterocycles. The van der Waals surface area contributed by atoms with Gasteiger partial charge in [-0.05, 0) is 53.7 Å². The van der Waals surface area contributed by atoms with Crippen molar-refractivity contribution in [3.8, 4) is 0 Å². The molecule has 0 saturated carbocycles. The molecule has 1 aromatic rings. The lowest BCUT2D eigenvalue weighted by Crippen LogP contribution is -2.49. The lowest BCUT2D eigenvalue weighted by Gasteiger charge is -2.26. The van der Waals surface area contributed by atoms with E-state index in [4.69, 9.17) is 9.47 Å². The van der Waals surface area contributed by atoms with Crippen LogP contribution in [0.2, 0.25) is 0 Å². The quantitative estimate of drug-likeness (QED) is 0.690. The van der Waals surface area contributed by atoms with E-state index < -0.39 is 35.2 Å². The molecule has 0 radical (unpaired) electrons. The minimum atomic E-state index is -1.24. The fourth-order valence-electron chi connectivity index (χ4n) is 1.85. The second kappa shape index (κ2) is 8.81. The molecule has 0 aromatic carbocycles. The minimum Gasteiger partial charge on any atom is -0.478 e. The van der Waals surface area contributed by atoms with E-state index in [1.807, 2.05) is 0 Å². The highest BCUT2D eigenvalue weighted by atomic mass is 16.6. The fourth-order valence-corrected chi connectivity index (χ4v) is 1.85. The van der Waals surface area contributed by atoms with Crippen molar-refractivity contribution in [3.05, 3.63) is 23.9 Å². The average Bonchev–Trinajstić information content (AvgIpc) is 2.48. The summed E-state index contributed by atoms with van der Waals surface area (Å²) in [6, 6.07) is 1.65. The summed E-state index contributed by atoms with van der Waals surface area (Å²) in [5.41, 5.74) is -1.46. The predicted octanol–water partition coefficient (Wildman–Crippen LogP) is 2.43. The summed E-state index contributed by atoms with van der Waals surface area (Å²) >= 11 is 0. The number of hydrogen-bond acceptors (Lipinski definition) is 6. The highest BCUT2D eigenvalue weighted by Crippen LogP contribution is 2.13. The molecule has 0 fully saturated rings. The van der Waals surface area contributed by atoms with Crippen molar-refractivity contribution in [2.75, 3.05) is 11.9 Å². The maximum atomic E-state index is 12.6. The maximum absolute atomic E-state index is 12.6. The Labute approximate surface area is 158 Å². The van der Waals surface area contributed by atoms with Crippen LogP contribution in [0.15, 0.2) is 18.3 Å². The zero-order valence-electron chi connectivity index (χ0n) is 16.5. The van der Waals surface area contributed by atoms with Crippen LogP contribution in [-0.2, 0) is 14.3 Å². The van der Waals surface area contributed by atoms with E-state index in [0.29, 0.717) is 0 Å². The van der Waals surface area contributed by atoms with Crippen LogP contribution in [-0.4, -0.2) is 51.9 Å². The van der Waals surface area contributed by atoms with Gasteiger partial charge in [0, 0.05) is 6.20 Å². The highest BCUT2D eigenvalue weighted by Gasteiger charge is 2.27. The van der Waals surface area contributed by atoms with Gasteiger partial charge in [0.15, 0.2) is 0 Å². The lowest BCUT2D eigenvalue weighted by molar-refractivity contribution is -0.121. The molecule has 0 aliphatic rings. The first-order chi connectivity index (χ1) is 12.3. The van der Waals surface area contributed by atoms with Crippen molar-refractivity contribution < 1.29 is 29.0 Å². The minimum absolute atomic E-state index is 0.123. The Kier molecular flexibility index (Phi) is 7.29. The summed E-state index contributed by atoms with van der Waals surface area (Å²) in [7, 11) is 0. The highest BCUT2D eigenvalue weighted by molar-refractivity contribution is 6.01. The van der Waals surface area contributed by atoms with Crippen molar-refractivity contribution in [2.24, 2.45) is 0 Å². The number of rotatable bonds is 6. The van der Waals surface area contributed by atoms with Gasteiger partial charge in [-0.2, -0.15) is 0 Å². The monoisotopic (exact) mass is 381 g/mol. The van der Waals surface area contributed by atoms with Gasteiger partial charge in [-0.15, -0.1) is 0 Å². The number of carboxylic acids is 1. The van der Waals surface area contributed by atoms with E-state index in [1.54, 1.807) is 41.5 Å². The second-order valence-electron chi connectivity index (χ2n) is 7.82. The molecule has 0 aliphatic heterocycles. The molecular formula is C18H27N3O6. The molecular weight excluding hydrogens is 354 g/mol. The summed E-state index contributed by atoms with van der Waals surface area (Å²) in [6.07, 6.45) is 0.559. The van der Waals surface area contributed by atoms with Crippen LogP contribution in [0.1, 0.15) is 51.9 Å². The molecule has 1 rings (SSSR count). The number of ether oxygens (including phenoxy) is 2. The van der Waals surface area contributed by atoms with Gasteiger partial charge in [0.05, 0.1) is 12.2 Å². The van der Waals surface area contributed by atoms with E-state index in [1.165, 1.54) is 18.3 Å². The summed E-state index contributed by atoms with van der Waals surface area (Å²) in [5.74, 6) is -2.03. The molecule has 1 unspecified atom stereocenters. The standard InChI is InChI=1S/C18H27N3O6/c1-17(2,3)26-10-12(20-16(25)27-18(4,5)6)14(22)21-13-11(15(23)24)8-7-9-19-13/h7-9,12H,10H2,1-6H3,(H,20,25)(H,23,24)(H,19,21,22). The first kappa shape index (κ1) is 22.4. The number of carboxylic acid groups (broad SMARTS) is 1. The molecule has 0 spiro atoms.